The van der Waals surface area contributed by atoms with Gasteiger partial charge in [-0.2, -0.15) is 0 Å². The minimum atomic E-state index is -0.996. The number of rotatable bonds is 3. The normalized spacial score (nSPS) is 20.3. The average molecular weight is 400 g/mol. The molecule has 3 aromatic rings. The maximum atomic E-state index is 11.4. The number of aryl methyl sites for hydroxylation is 1. The Labute approximate surface area is 178 Å². The van der Waals surface area contributed by atoms with E-state index in [2.05, 4.69) is 45.5 Å². The molecule has 5 rings (SSSR count). The third-order valence-electron chi connectivity index (χ3n) is 6.80. The van der Waals surface area contributed by atoms with Crippen molar-refractivity contribution in [3.63, 3.8) is 0 Å². The molecule has 4 nitrogen and oxygen atoms in total. The second kappa shape index (κ2) is 7.27. The molecule has 2 unspecified atom stereocenters. The van der Waals surface area contributed by atoms with Crippen molar-refractivity contribution in [1.82, 2.24) is 14.5 Å². The maximum Gasteiger partial charge on any atom is 0.0924 e. The van der Waals surface area contributed by atoms with Crippen molar-refractivity contribution in [2.45, 2.75) is 58.1 Å². The Kier molecular flexibility index (Phi) is 4.69. The SMILES string of the molecule is CC#Cn1c2c(c3cc(C)cc(CC(C)(O)c4cccnc4)c31)C1CCCN1CC2. The van der Waals surface area contributed by atoms with Crippen molar-refractivity contribution in [3.05, 3.63) is 64.6 Å². The van der Waals surface area contributed by atoms with Gasteiger partial charge >= 0.3 is 0 Å². The highest BCUT2D eigenvalue weighted by Crippen LogP contribution is 2.44. The fourth-order valence-corrected chi connectivity index (χ4v) is 5.55. The minimum absolute atomic E-state index is 0.504. The Morgan fingerprint density at radius 2 is 2.17 bits per heavy atom. The zero-order valence-corrected chi connectivity index (χ0v) is 18.1. The summed E-state index contributed by atoms with van der Waals surface area (Å²) in [5.74, 6) is 3.14. The number of pyridine rings is 1. The molecule has 2 atom stereocenters. The predicted molar refractivity (Wildman–Crippen MR) is 120 cm³/mol. The van der Waals surface area contributed by atoms with Gasteiger partial charge in [-0.3, -0.25) is 14.5 Å². The summed E-state index contributed by atoms with van der Waals surface area (Å²) < 4.78 is 2.23. The Bertz CT molecular complexity index is 1160. The van der Waals surface area contributed by atoms with Crippen molar-refractivity contribution in [2.75, 3.05) is 13.1 Å². The largest absolute Gasteiger partial charge is 0.385 e. The third kappa shape index (κ3) is 3.05. The quantitative estimate of drug-likeness (QED) is 0.667. The van der Waals surface area contributed by atoms with Crippen LogP contribution in [0.3, 0.4) is 0 Å². The lowest BCUT2D eigenvalue weighted by atomic mass is 9.88. The molecule has 2 aliphatic heterocycles. The van der Waals surface area contributed by atoms with Gasteiger partial charge in [0.25, 0.3) is 0 Å². The van der Waals surface area contributed by atoms with Crippen LogP contribution in [0.15, 0.2) is 36.7 Å². The van der Waals surface area contributed by atoms with Gasteiger partial charge < -0.3 is 5.11 Å². The zero-order chi connectivity index (χ0) is 20.9. The molecular formula is C26H29N3O. The van der Waals surface area contributed by atoms with Crippen LogP contribution >= 0.6 is 0 Å². The van der Waals surface area contributed by atoms with E-state index in [1.165, 1.54) is 47.1 Å². The Morgan fingerprint density at radius 1 is 1.30 bits per heavy atom. The van der Waals surface area contributed by atoms with Crippen molar-refractivity contribution in [1.29, 1.82) is 0 Å². The van der Waals surface area contributed by atoms with Crippen LogP contribution in [0.1, 0.15) is 60.7 Å². The maximum absolute atomic E-state index is 11.4. The van der Waals surface area contributed by atoms with Gasteiger partial charge in [0.1, 0.15) is 0 Å². The van der Waals surface area contributed by atoms with Crippen LogP contribution in [0.4, 0.5) is 0 Å². The first-order chi connectivity index (χ1) is 14.5. The van der Waals surface area contributed by atoms with E-state index < -0.39 is 5.60 Å². The lowest BCUT2D eigenvalue weighted by Gasteiger charge is -2.30. The van der Waals surface area contributed by atoms with E-state index in [4.69, 9.17) is 0 Å². The number of benzene rings is 1. The van der Waals surface area contributed by atoms with Crippen LogP contribution in [-0.4, -0.2) is 32.6 Å². The molecule has 0 saturated carbocycles. The fraction of sp³-hybridized carbons (Fsp3) is 0.423. The van der Waals surface area contributed by atoms with Crippen LogP contribution in [-0.2, 0) is 18.4 Å². The van der Waals surface area contributed by atoms with E-state index in [1.807, 2.05) is 26.0 Å². The summed E-state index contributed by atoms with van der Waals surface area (Å²) in [6.07, 6.45) is 7.56. The summed E-state index contributed by atoms with van der Waals surface area (Å²) in [4.78, 5) is 6.85. The highest BCUT2D eigenvalue weighted by Gasteiger charge is 2.36. The summed E-state index contributed by atoms with van der Waals surface area (Å²) >= 11 is 0. The topological polar surface area (TPSA) is 41.3 Å². The van der Waals surface area contributed by atoms with Crippen molar-refractivity contribution in [2.24, 2.45) is 0 Å². The molecule has 30 heavy (non-hydrogen) atoms. The first-order valence-corrected chi connectivity index (χ1v) is 11.0. The molecular weight excluding hydrogens is 370 g/mol. The van der Waals surface area contributed by atoms with Crippen LogP contribution in [0.2, 0.25) is 0 Å². The molecule has 1 fully saturated rings. The average Bonchev–Trinajstić information content (AvgIpc) is 3.31. The minimum Gasteiger partial charge on any atom is -0.385 e. The summed E-state index contributed by atoms with van der Waals surface area (Å²) in [5, 5.41) is 12.7. The smallest absolute Gasteiger partial charge is 0.0924 e. The second-order valence-corrected chi connectivity index (χ2v) is 9.01. The first-order valence-electron chi connectivity index (χ1n) is 11.0. The molecule has 4 heteroatoms. The lowest BCUT2D eigenvalue weighted by Crippen LogP contribution is -2.31. The van der Waals surface area contributed by atoms with Gasteiger partial charge in [0.2, 0.25) is 0 Å². The van der Waals surface area contributed by atoms with Gasteiger partial charge in [0.05, 0.1) is 11.1 Å². The van der Waals surface area contributed by atoms with E-state index in [0.717, 1.165) is 24.1 Å². The van der Waals surface area contributed by atoms with E-state index >= 15 is 0 Å². The highest BCUT2D eigenvalue weighted by molar-refractivity contribution is 5.91. The summed E-state index contributed by atoms with van der Waals surface area (Å²) in [6.45, 7) is 8.26. The summed E-state index contributed by atoms with van der Waals surface area (Å²) in [7, 11) is 0. The van der Waals surface area contributed by atoms with E-state index in [0.29, 0.717) is 12.5 Å². The molecule has 0 aliphatic carbocycles. The molecule has 1 aromatic carbocycles. The molecule has 1 saturated heterocycles. The molecule has 2 aromatic heterocycles. The number of fused-ring (bicyclic) bond motifs is 5. The molecule has 0 radical (unpaired) electrons. The zero-order valence-electron chi connectivity index (χ0n) is 18.1. The monoisotopic (exact) mass is 399 g/mol. The predicted octanol–water partition coefficient (Wildman–Crippen LogP) is 4.32. The Hall–Kier alpha value is -2.61. The van der Waals surface area contributed by atoms with Gasteiger partial charge in [0.15, 0.2) is 0 Å². The van der Waals surface area contributed by atoms with Crippen LogP contribution < -0.4 is 0 Å². The Balaban J connectivity index is 1.73. The first kappa shape index (κ1) is 19.4. The van der Waals surface area contributed by atoms with E-state index in [9.17, 15) is 5.11 Å². The van der Waals surface area contributed by atoms with Crippen LogP contribution in [0.5, 0.6) is 0 Å². The fourth-order valence-electron chi connectivity index (χ4n) is 5.55. The Morgan fingerprint density at radius 3 is 2.93 bits per heavy atom. The number of hydrogen-bond acceptors (Lipinski definition) is 3. The number of nitrogens with zero attached hydrogens (tertiary/aromatic N) is 3. The molecule has 1 N–H and O–H groups in total. The summed E-state index contributed by atoms with van der Waals surface area (Å²) in [6, 6.07) is 12.3. The van der Waals surface area contributed by atoms with Crippen LogP contribution in [0.25, 0.3) is 10.9 Å². The number of aromatic nitrogens is 2. The highest BCUT2D eigenvalue weighted by atomic mass is 16.3. The molecule has 0 spiro atoms. The standard InChI is InChI=1S/C26H29N3O/c1-4-11-29-23-9-13-28-12-6-8-22(28)24(23)21-15-18(2)14-19(25(21)29)16-26(3,30)20-7-5-10-27-17-20/h5,7,10,14-15,17,22,30H,6,8-9,12-13,16H2,1-3H3. The molecule has 2 aliphatic rings. The summed E-state index contributed by atoms with van der Waals surface area (Å²) in [5.41, 5.74) is 6.25. The van der Waals surface area contributed by atoms with Gasteiger partial charge in [-0.25, -0.2) is 0 Å². The van der Waals surface area contributed by atoms with Crippen molar-refractivity contribution in [3.8, 4) is 12.0 Å². The van der Waals surface area contributed by atoms with E-state index in [1.54, 1.807) is 12.4 Å². The molecule has 4 heterocycles. The van der Waals surface area contributed by atoms with Crippen molar-refractivity contribution >= 4 is 10.9 Å². The van der Waals surface area contributed by atoms with E-state index in [-0.39, 0.29) is 0 Å². The van der Waals surface area contributed by atoms with Gasteiger partial charge in [-0.1, -0.05) is 23.6 Å². The van der Waals surface area contributed by atoms with Crippen LogP contribution in [0, 0.1) is 18.9 Å². The lowest BCUT2D eigenvalue weighted by molar-refractivity contribution is 0.0575. The molecule has 154 valence electrons. The molecule has 0 bridgehead atoms. The van der Waals surface area contributed by atoms with Gasteiger partial charge in [0, 0.05) is 60.5 Å². The van der Waals surface area contributed by atoms with Gasteiger partial charge in [-0.15, -0.1) is 0 Å². The third-order valence-corrected chi connectivity index (χ3v) is 6.80. The second-order valence-electron chi connectivity index (χ2n) is 9.01. The van der Waals surface area contributed by atoms with Crippen molar-refractivity contribution < 1.29 is 5.11 Å². The van der Waals surface area contributed by atoms with Gasteiger partial charge in [-0.05, 0) is 63.4 Å². The number of hydrogen-bond donors (Lipinski definition) is 1. The molecule has 0 amide bonds. The number of aliphatic hydroxyl groups is 1.